The Morgan fingerprint density at radius 1 is 1.05 bits per heavy atom. The van der Waals surface area contributed by atoms with E-state index in [-0.39, 0.29) is 11.6 Å². The summed E-state index contributed by atoms with van der Waals surface area (Å²) in [6.45, 7) is 3.89. The van der Waals surface area contributed by atoms with E-state index >= 15 is 0 Å². The maximum absolute atomic E-state index is 13.1. The zero-order chi connectivity index (χ0) is 13.8. The van der Waals surface area contributed by atoms with E-state index in [2.05, 4.69) is 0 Å². The second-order valence-electron chi connectivity index (χ2n) is 4.82. The van der Waals surface area contributed by atoms with Crippen molar-refractivity contribution >= 4 is 5.78 Å². The van der Waals surface area contributed by atoms with Gasteiger partial charge < -0.3 is 0 Å². The lowest BCUT2D eigenvalue weighted by molar-refractivity contribution is 0.0981. The van der Waals surface area contributed by atoms with Crippen LogP contribution < -0.4 is 0 Å². The summed E-state index contributed by atoms with van der Waals surface area (Å²) in [6.07, 6.45) is 0.986. The summed E-state index contributed by atoms with van der Waals surface area (Å²) in [4.78, 5) is 12.3. The van der Waals surface area contributed by atoms with Crippen molar-refractivity contribution in [2.45, 2.75) is 26.7 Å². The van der Waals surface area contributed by atoms with Crippen molar-refractivity contribution in [3.8, 4) is 0 Å². The lowest BCUT2D eigenvalue weighted by Gasteiger charge is -2.08. The molecule has 0 heterocycles. The molecule has 0 unspecified atom stereocenters. The zero-order valence-electron chi connectivity index (χ0n) is 11.2. The second kappa shape index (κ2) is 5.79. The van der Waals surface area contributed by atoms with Gasteiger partial charge in [-0.05, 0) is 49.1 Å². The lowest BCUT2D eigenvalue weighted by atomic mass is 9.95. The van der Waals surface area contributed by atoms with Crippen LogP contribution in [0, 0.1) is 19.7 Å². The van der Waals surface area contributed by atoms with Gasteiger partial charge >= 0.3 is 0 Å². The van der Waals surface area contributed by atoms with E-state index in [0.717, 1.165) is 22.3 Å². The number of aryl methyl sites for hydroxylation is 3. The molecule has 0 aliphatic rings. The van der Waals surface area contributed by atoms with Gasteiger partial charge in [0.1, 0.15) is 5.82 Å². The molecule has 0 spiro atoms. The van der Waals surface area contributed by atoms with Crippen molar-refractivity contribution in [3.63, 3.8) is 0 Å². The van der Waals surface area contributed by atoms with Crippen LogP contribution in [0.25, 0.3) is 0 Å². The summed E-state index contributed by atoms with van der Waals surface area (Å²) >= 11 is 0. The summed E-state index contributed by atoms with van der Waals surface area (Å²) in [6, 6.07) is 12.3. The van der Waals surface area contributed by atoms with Gasteiger partial charge in [-0.3, -0.25) is 4.79 Å². The molecular formula is C17H17FO. The first kappa shape index (κ1) is 13.5. The lowest BCUT2D eigenvalue weighted by Crippen LogP contribution is -2.06. The van der Waals surface area contributed by atoms with Gasteiger partial charge in [0.2, 0.25) is 0 Å². The van der Waals surface area contributed by atoms with Gasteiger partial charge in [-0.1, -0.05) is 30.3 Å². The number of ketones is 1. The molecule has 0 N–H and O–H groups in total. The molecule has 0 radical (unpaired) electrons. The minimum absolute atomic E-state index is 0.125. The van der Waals surface area contributed by atoms with Gasteiger partial charge in [-0.2, -0.15) is 0 Å². The Bertz CT molecular complexity index is 582. The molecular weight excluding hydrogens is 239 g/mol. The molecule has 1 nitrogen and oxygen atoms in total. The van der Waals surface area contributed by atoms with Gasteiger partial charge in [0.15, 0.2) is 5.78 Å². The van der Waals surface area contributed by atoms with Crippen LogP contribution >= 0.6 is 0 Å². The molecule has 0 aliphatic carbocycles. The Hall–Kier alpha value is -1.96. The van der Waals surface area contributed by atoms with Crippen molar-refractivity contribution in [1.29, 1.82) is 0 Å². The molecule has 0 saturated carbocycles. The molecule has 0 atom stereocenters. The van der Waals surface area contributed by atoms with Crippen molar-refractivity contribution < 1.29 is 9.18 Å². The number of carbonyl (C=O) groups excluding carboxylic acids is 1. The summed E-state index contributed by atoms with van der Waals surface area (Å²) in [5.41, 5.74) is 3.67. The fourth-order valence-corrected chi connectivity index (χ4v) is 2.33. The predicted molar refractivity (Wildman–Crippen MR) is 75.0 cm³/mol. The average Bonchev–Trinajstić information content (AvgIpc) is 2.36. The fraction of sp³-hybridized carbons (Fsp3) is 0.235. The smallest absolute Gasteiger partial charge is 0.163 e. The second-order valence-corrected chi connectivity index (χ2v) is 4.82. The highest BCUT2D eigenvalue weighted by Gasteiger charge is 2.11. The minimum atomic E-state index is -0.253. The Morgan fingerprint density at radius 3 is 2.32 bits per heavy atom. The van der Waals surface area contributed by atoms with Gasteiger partial charge in [0, 0.05) is 12.0 Å². The number of carbonyl (C=O) groups is 1. The summed E-state index contributed by atoms with van der Waals surface area (Å²) < 4.78 is 13.1. The molecule has 0 fully saturated rings. The number of Topliss-reactive ketones (excluding diaryl/α,β-unsaturated/α-hetero) is 1. The van der Waals surface area contributed by atoms with Crippen LogP contribution in [0.2, 0.25) is 0 Å². The van der Waals surface area contributed by atoms with Crippen LogP contribution in [0.15, 0.2) is 42.5 Å². The Kier molecular flexibility index (Phi) is 4.10. The highest BCUT2D eigenvalue weighted by atomic mass is 19.1. The number of halogens is 1. The van der Waals surface area contributed by atoms with E-state index in [4.69, 9.17) is 0 Å². The average molecular weight is 256 g/mol. The van der Waals surface area contributed by atoms with Gasteiger partial charge in [0.25, 0.3) is 0 Å². The van der Waals surface area contributed by atoms with Crippen LogP contribution in [-0.4, -0.2) is 5.78 Å². The van der Waals surface area contributed by atoms with E-state index in [1.54, 1.807) is 6.07 Å². The normalized spacial score (nSPS) is 10.5. The van der Waals surface area contributed by atoms with E-state index in [9.17, 15) is 9.18 Å². The monoisotopic (exact) mass is 256 g/mol. The molecule has 19 heavy (non-hydrogen) atoms. The summed E-state index contributed by atoms with van der Waals surface area (Å²) in [7, 11) is 0. The standard InChI is InChI=1S/C17H17FO/c1-12-5-3-6-13(2)17(12)16(19)10-9-14-7-4-8-15(18)11-14/h3-8,11H,9-10H2,1-2H3. The highest BCUT2D eigenvalue weighted by Crippen LogP contribution is 2.17. The third-order valence-electron chi connectivity index (χ3n) is 3.29. The van der Waals surface area contributed by atoms with Crippen LogP contribution in [-0.2, 0) is 6.42 Å². The number of benzene rings is 2. The third-order valence-corrected chi connectivity index (χ3v) is 3.29. The van der Waals surface area contributed by atoms with Crippen molar-refractivity contribution in [2.75, 3.05) is 0 Å². The van der Waals surface area contributed by atoms with Crippen molar-refractivity contribution in [2.24, 2.45) is 0 Å². The first-order valence-electron chi connectivity index (χ1n) is 6.42. The number of hydrogen-bond acceptors (Lipinski definition) is 1. The molecule has 0 aromatic heterocycles. The fourth-order valence-electron chi connectivity index (χ4n) is 2.33. The molecule has 2 heteroatoms. The highest BCUT2D eigenvalue weighted by molar-refractivity contribution is 5.98. The Labute approximate surface area is 113 Å². The van der Waals surface area contributed by atoms with Crippen LogP contribution in [0.3, 0.4) is 0 Å². The topological polar surface area (TPSA) is 17.1 Å². The van der Waals surface area contributed by atoms with E-state index in [1.165, 1.54) is 12.1 Å². The Balaban J connectivity index is 2.10. The number of hydrogen-bond donors (Lipinski definition) is 0. The number of rotatable bonds is 4. The molecule has 2 aromatic rings. The maximum Gasteiger partial charge on any atom is 0.163 e. The molecule has 98 valence electrons. The van der Waals surface area contributed by atoms with Crippen LogP contribution in [0.1, 0.15) is 33.5 Å². The van der Waals surface area contributed by atoms with E-state index in [0.29, 0.717) is 12.8 Å². The summed E-state index contributed by atoms with van der Waals surface area (Å²) in [5, 5.41) is 0. The quantitative estimate of drug-likeness (QED) is 0.747. The van der Waals surface area contributed by atoms with E-state index < -0.39 is 0 Å². The molecule has 2 rings (SSSR count). The molecule has 0 bridgehead atoms. The van der Waals surface area contributed by atoms with Crippen molar-refractivity contribution in [3.05, 3.63) is 70.5 Å². The first-order chi connectivity index (χ1) is 9.08. The SMILES string of the molecule is Cc1cccc(C)c1C(=O)CCc1cccc(F)c1. The molecule has 0 aliphatic heterocycles. The van der Waals surface area contributed by atoms with Gasteiger partial charge in [0.05, 0.1) is 0 Å². The maximum atomic E-state index is 13.1. The molecule has 0 saturated heterocycles. The third kappa shape index (κ3) is 3.28. The molecule has 2 aromatic carbocycles. The van der Waals surface area contributed by atoms with Gasteiger partial charge in [-0.25, -0.2) is 4.39 Å². The molecule has 0 amide bonds. The van der Waals surface area contributed by atoms with Crippen LogP contribution in [0.5, 0.6) is 0 Å². The zero-order valence-corrected chi connectivity index (χ0v) is 11.2. The van der Waals surface area contributed by atoms with Crippen molar-refractivity contribution in [1.82, 2.24) is 0 Å². The Morgan fingerprint density at radius 2 is 1.68 bits per heavy atom. The largest absolute Gasteiger partial charge is 0.294 e. The predicted octanol–water partition coefficient (Wildman–Crippen LogP) is 4.26. The minimum Gasteiger partial charge on any atom is -0.294 e. The van der Waals surface area contributed by atoms with Crippen LogP contribution in [0.4, 0.5) is 4.39 Å². The van der Waals surface area contributed by atoms with E-state index in [1.807, 2.05) is 38.1 Å². The first-order valence-corrected chi connectivity index (χ1v) is 6.42. The van der Waals surface area contributed by atoms with Gasteiger partial charge in [-0.15, -0.1) is 0 Å². The summed E-state index contributed by atoms with van der Waals surface area (Å²) in [5.74, 6) is -0.128.